The molecule has 0 saturated carbocycles. The van der Waals surface area contributed by atoms with E-state index in [0.29, 0.717) is 12.3 Å². The van der Waals surface area contributed by atoms with Gasteiger partial charge in [-0.25, -0.2) is 4.68 Å². The zero-order valence-corrected chi connectivity index (χ0v) is 16.6. The van der Waals surface area contributed by atoms with Gasteiger partial charge in [0.2, 0.25) is 0 Å². The summed E-state index contributed by atoms with van der Waals surface area (Å²) in [7, 11) is 0. The van der Waals surface area contributed by atoms with E-state index in [1.807, 2.05) is 48.7 Å². The van der Waals surface area contributed by atoms with Crippen LogP contribution in [0.1, 0.15) is 31.0 Å². The molecule has 9 heteroatoms. The van der Waals surface area contributed by atoms with E-state index in [1.54, 1.807) is 4.68 Å². The van der Waals surface area contributed by atoms with Crippen molar-refractivity contribution in [2.24, 2.45) is 0 Å². The van der Waals surface area contributed by atoms with Crippen LogP contribution in [0.5, 0.6) is 0 Å². The zero-order chi connectivity index (χ0) is 21.4. The average molecular weight is 435 g/mol. The van der Waals surface area contributed by atoms with Gasteiger partial charge in [0.15, 0.2) is 0 Å². The first kappa shape index (κ1) is 28.3. The molecule has 0 radical (unpaired) electrons. The minimum atomic E-state index is -0.323. The van der Waals surface area contributed by atoms with Crippen molar-refractivity contribution in [3.63, 3.8) is 0 Å². The topological polar surface area (TPSA) is 117 Å². The van der Waals surface area contributed by atoms with E-state index in [-0.39, 0.29) is 23.0 Å². The molecule has 3 rings (SSSR count). The molecule has 2 aromatic rings. The van der Waals surface area contributed by atoms with Crippen LogP contribution in [-0.4, -0.2) is 21.0 Å². The number of hydrogen-bond donors (Lipinski definition) is 0. The fourth-order valence-electron chi connectivity index (χ4n) is 2.40. The van der Waals surface area contributed by atoms with Crippen LogP contribution in [0.2, 0.25) is 0 Å². The van der Waals surface area contributed by atoms with Crippen molar-refractivity contribution in [1.82, 2.24) is 15.0 Å². The summed E-state index contributed by atoms with van der Waals surface area (Å²) in [5.41, 5.74) is 2.72. The van der Waals surface area contributed by atoms with Crippen LogP contribution in [0.25, 0.3) is 5.57 Å². The van der Waals surface area contributed by atoms with Crippen molar-refractivity contribution in [3.05, 3.63) is 85.6 Å². The van der Waals surface area contributed by atoms with Gasteiger partial charge in [-0.3, -0.25) is 4.79 Å². The molecule has 0 bridgehead atoms. The molecule has 0 aliphatic heterocycles. The number of carbonyl (C=O) groups is 1. The van der Waals surface area contributed by atoms with E-state index in [2.05, 4.69) is 30.3 Å². The summed E-state index contributed by atoms with van der Waals surface area (Å²) in [5.74, 6) is 0.251. The quantitative estimate of drug-likeness (QED) is 0.318. The van der Waals surface area contributed by atoms with E-state index in [0.717, 1.165) is 29.7 Å². The molecule has 0 spiro atoms. The van der Waals surface area contributed by atoms with E-state index in [4.69, 9.17) is 18.7 Å². The maximum Gasteiger partial charge on any atom is 0 e. The summed E-state index contributed by atoms with van der Waals surface area (Å²) in [6, 6.07) is 10.1. The summed E-state index contributed by atoms with van der Waals surface area (Å²) in [6.07, 6.45) is 7.61. The molecule has 1 heterocycles. The van der Waals surface area contributed by atoms with Crippen molar-refractivity contribution in [3.8, 4) is 0 Å². The maximum absolute atomic E-state index is 11.2. The number of nitrogens with zero attached hydrogens (tertiary/aromatic N) is 3. The van der Waals surface area contributed by atoms with Crippen LogP contribution in [-0.2, 0) is 47.1 Å². The molecular weight excluding hydrogens is 418 g/mol. The normalized spacial score (nSPS) is 11.0. The van der Waals surface area contributed by atoms with Gasteiger partial charge in [0.1, 0.15) is 11.5 Å². The molecule has 0 unspecified atom stereocenters. The zero-order valence-electron chi connectivity index (χ0n) is 15.5. The molecule has 29 heavy (non-hydrogen) atoms. The second kappa shape index (κ2) is 17.2. The van der Waals surface area contributed by atoms with E-state index in [1.165, 1.54) is 6.92 Å². The molecule has 1 aromatic carbocycles. The van der Waals surface area contributed by atoms with E-state index < -0.39 is 0 Å². The van der Waals surface area contributed by atoms with E-state index in [9.17, 15) is 4.79 Å². The Morgan fingerprint density at radius 3 is 2.24 bits per heavy atom. The third-order valence-electron chi connectivity index (χ3n) is 3.37. The number of esters is 1. The fourth-order valence-corrected chi connectivity index (χ4v) is 2.40. The molecule has 8 nitrogen and oxygen atoms in total. The molecule has 1 aromatic heterocycles. The SMILES string of the molecule is CC(=O)OC1=CCCC=C1c1cn(Cc2ccccc2)nn1.[C-]#[O+].[C-]#[O+].[C-]#[O+].[Fe]. The van der Waals surface area contributed by atoms with E-state index >= 15 is 0 Å². The Balaban J connectivity index is 0. The van der Waals surface area contributed by atoms with Gasteiger partial charge in [-0.05, 0) is 24.5 Å². The average Bonchev–Trinajstić information content (AvgIpc) is 3.21. The molecule has 0 atom stereocenters. The Hall–Kier alpha value is -2.95. The van der Waals surface area contributed by atoms with Gasteiger partial charge in [-0.2, -0.15) is 0 Å². The van der Waals surface area contributed by atoms with Gasteiger partial charge in [0.25, 0.3) is 0 Å². The van der Waals surface area contributed by atoms with Crippen LogP contribution < -0.4 is 0 Å². The van der Waals surface area contributed by atoms with Crippen molar-refractivity contribution in [1.29, 1.82) is 0 Å². The number of allylic oxidation sites excluding steroid dienone is 3. The van der Waals surface area contributed by atoms with Gasteiger partial charge < -0.3 is 4.74 Å². The predicted octanol–water partition coefficient (Wildman–Crippen LogP) is 2.84. The molecule has 0 fully saturated rings. The number of ether oxygens (including phenoxy) is 1. The molecule has 0 amide bonds. The second-order valence-electron chi connectivity index (χ2n) is 5.14. The van der Waals surface area contributed by atoms with Crippen LogP contribution in [0, 0.1) is 20.0 Å². The molecule has 150 valence electrons. The molecular formula is C20H17FeN3O5. The van der Waals surface area contributed by atoms with Crippen molar-refractivity contribution in [2.45, 2.75) is 26.3 Å². The monoisotopic (exact) mass is 435 g/mol. The fraction of sp³-hybridized carbons (Fsp3) is 0.200. The third-order valence-corrected chi connectivity index (χ3v) is 3.37. The number of benzene rings is 1. The number of rotatable bonds is 4. The number of carbonyl (C=O) groups excluding carboxylic acids is 1. The standard InChI is InChI=1S/C17H17N3O2.3CO.Fe/c1-13(21)22-17-10-6-5-9-15(17)16-12-20(19-18-16)11-14-7-3-2-4-8-14;3*1-2;/h2-4,7-10,12H,5-6,11H2,1H3;;;;. The maximum atomic E-state index is 11.2. The third kappa shape index (κ3) is 9.70. The smallest absolute Gasteiger partial charge is 0 e. The summed E-state index contributed by atoms with van der Waals surface area (Å²) >= 11 is 0. The second-order valence-corrected chi connectivity index (χ2v) is 5.14. The minimum absolute atomic E-state index is 0. The molecule has 0 saturated heterocycles. The van der Waals surface area contributed by atoms with Crippen LogP contribution in [0.4, 0.5) is 0 Å². The Morgan fingerprint density at radius 2 is 1.66 bits per heavy atom. The first-order valence-electron chi connectivity index (χ1n) is 7.87. The Labute approximate surface area is 179 Å². The molecule has 1 aliphatic rings. The van der Waals surface area contributed by atoms with Gasteiger partial charge in [0.05, 0.1) is 12.7 Å². The first-order chi connectivity index (χ1) is 13.7. The first-order valence-corrected chi connectivity index (χ1v) is 7.87. The summed E-state index contributed by atoms with van der Waals surface area (Å²) in [5, 5.41) is 8.36. The Bertz CT molecular complexity index is 853. The summed E-state index contributed by atoms with van der Waals surface area (Å²) in [4.78, 5) is 11.2. The van der Waals surface area contributed by atoms with Gasteiger partial charge >= 0.3 is 39.9 Å². The molecule has 1 aliphatic carbocycles. The summed E-state index contributed by atoms with van der Waals surface area (Å²) < 4.78 is 29.5. The summed E-state index contributed by atoms with van der Waals surface area (Å²) in [6.45, 7) is 15.6. The van der Waals surface area contributed by atoms with Crippen LogP contribution >= 0.6 is 0 Å². The van der Waals surface area contributed by atoms with Crippen LogP contribution in [0.15, 0.2) is 54.4 Å². The van der Waals surface area contributed by atoms with Gasteiger partial charge in [0, 0.05) is 29.6 Å². The predicted molar refractivity (Wildman–Crippen MR) is 94.4 cm³/mol. The van der Waals surface area contributed by atoms with Gasteiger partial charge in [-0.1, -0.05) is 41.6 Å². The van der Waals surface area contributed by atoms with Crippen LogP contribution in [0.3, 0.4) is 0 Å². The van der Waals surface area contributed by atoms with Crippen molar-refractivity contribution in [2.75, 3.05) is 0 Å². The Kier molecular flexibility index (Phi) is 16.7. The Morgan fingerprint density at radius 1 is 1.07 bits per heavy atom. The number of hydrogen-bond acceptors (Lipinski definition) is 4. The number of aromatic nitrogens is 3. The van der Waals surface area contributed by atoms with Crippen molar-refractivity contribution < 1.29 is 40.6 Å². The molecule has 0 N–H and O–H groups in total. The largest absolute Gasteiger partial charge is 0 e. The van der Waals surface area contributed by atoms with Crippen molar-refractivity contribution >= 4 is 11.5 Å². The minimum Gasteiger partial charge on any atom is 0 e. The van der Waals surface area contributed by atoms with Gasteiger partial charge in [-0.15, -0.1) is 5.10 Å².